The number of hydrogen-bond acceptors (Lipinski definition) is 3. The summed E-state index contributed by atoms with van der Waals surface area (Å²) in [4.78, 5) is 0. The van der Waals surface area contributed by atoms with E-state index in [0.717, 1.165) is 50.7 Å². The summed E-state index contributed by atoms with van der Waals surface area (Å²) >= 11 is 0. The third kappa shape index (κ3) is 5.48. The minimum atomic E-state index is -0.210. The van der Waals surface area contributed by atoms with Gasteiger partial charge in [-0.15, -0.1) is 0 Å². The van der Waals surface area contributed by atoms with E-state index in [9.17, 15) is 10.2 Å². The minimum Gasteiger partial charge on any atom is -0.496 e. The van der Waals surface area contributed by atoms with Crippen LogP contribution in [-0.4, -0.2) is 29.5 Å². The number of fused-ring (bicyclic) bond motifs is 2. The van der Waals surface area contributed by atoms with Crippen LogP contribution in [0.1, 0.15) is 76.8 Å². The third-order valence-electron chi connectivity index (χ3n) is 6.54. The highest BCUT2D eigenvalue weighted by molar-refractivity contribution is 5.43. The maximum absolute atomic E-state index is 10.6. The maximum atomic E-state index is 10.6. The van der Waals surface area contributed by atoms with E-state index < -0.39 is 0 Å². The SMILES string of the molecule is CC.CCCCC[C@H](O)CC[C@@H]1[C@H]2Cc3cccc(OC)c3C[C@H]2C[C@H]1O. The lowest BCUT2D eigenvalue weighted by Crippen LogP contribution is -2.28. The minimum absolute atomic E-state index is 0.200. The van der Waals surface area contributed by atoms with E-state index >= 15 is 0 Å². The summed E-state index contributed by atoms with van der Waals surface area (Å²) in [6.45, 7) is 6.19. The summed E-state index contributed by atoms with van der Waals surface area (Å²) < 4.78 is 5.54. The summed E-state index contributed by atoms with van der Waals surface area (Å²) in [5.74, 6) is 2.45. The van der Waals surface area contributed by atoms with E-state index in [1.807, 2.05) is 13.8 Å². The largest absolute Gasteiger partial charge is 0.496 e. The predicted molar refractivity (Wildman–Crippen MR) is 112 cm³/mol. The number of methoxy groups -OCH3 is 1. The van der Waals surface area contributed by atoms with Crippen LogP contribution in [0.25, 0.3) is 0 Å². The number of aliphatic hydroxyl groups is 2. The zero-order valence-electron chi connectivity index (χ0n) is 17.8. The fourth-order valence-electron chi connectivity index (χ4n) is 5.15. The van der Waals surface area contributed by atoms with E-state index in [0.29, 0.717) is 17.8 Å². The van der Waals surface area contributed by atoms with Gasteiger partial charge in [-0.2, -0.15) is 0 Å². The Hall–Kier alpha value is -1.06. The van der Waals surface area contributed by atoms with E-state index in [1.165, 1.54) is 24.0 Å². The van der Waals surface area contributed by atoms with Gasteiger partial charge in [-0.05, 0) is 73.5 Å². The van der Waals surface area contributed by atoms with E-state index in [2.05, 4.69) is 25.1 Å². The van der Waals surface area contributed by atoms with E-state index in [1.54, 1.807) is 7.11 Å². The van der Waals surface area contributed by atoms with Crippen molar-refractivity contribution >= 4 is 0 Å². The van der Waals surface area contributed by atoms with Crippen molar-refractivity contribution in [1.29, 1.82) is 0 Å². The van der Waals surface area contributed by atoms with Crippen LogP contribution >= 0.6 is 0 Å². The molecule has 3 rings (SSSR count). The maximum Gasteiger partial charge on any atom is 0.122 e. The number of hydrogen-bond donors (Lipinski definition) is 2. The number of rotatable bonds is 8. The van der Waals surface area contributed by atoms with Gasteiger partial charge < -0.3 is 14.9 Å². The summed E-state index contributed by atoms with van der Waals surface area (Å²) in [6, 6.07) is 6.35. The predicted octanol–water partition coefficient (Wildman–Crippen LogP) is 5.15. The lowest BCUT2D eigenvalue weighted by Gasteiger charge is -2.32. The van der Waals surface area contributed by atoms with Crippen molar-refractivity contribution in [3.8, 4) is 5.75 Å². The van der Waals surface area contributed by atoms with Crippen molar-refractivity contribution in [3.05, 3.63) is 29.3 Å². The Kier molecular flexibility index (Phi) is 9.11. The van der Waals surface area contributed by atoms with Gasteiger partial charge in [0.05, 0.1) is 19.3 Å². The molecule has 1 fully saturated rings. The normalized spacial score (nSPS) is 27.2. The topological polar surface area (TPSA) is 49.7 Å². The van der Waals surface area contributed by atoms with E-state index in [-0.39, 0.29) is 12.2 Å². The second kappa shape index (κ2) is 11.1. The molecule has 2 N–H and O–H groups in total. The molecule has 1 aromatic carbocycles. The lowest BCUT2D eigenvalue weighted by atomic mass is 9.73. The van der Waals surface area contributed by atoms with Crippen molar-refractivity contribution in [2.45, 2.75) is 90.8 Å². The van der Waals surface area contributed by atoms with Crippen molar-refractivity contribution in [1.82, 2.24) is 0 Å². The molecule has 1 saturated carbocycles. The Labute approximate surface area is 166 Å². The molecular weight excluding hydrogens is 336 g/mol. The first kappa shape index (κ1) is 22.2. The van der Waals surface area contributed by atoms with Gasteiger partial charge in [-0.3, -0.25) is 0 Å². The molecule has 0 spiro atoms. The first-order valence-corrected chi connectivity index (χ1v) is 11.1. The molecule has 0 aliphatic heterocycles. The summed E-state index contributed by atoms with van der Waals surface area (Å²) in [5, 5.41) is 20.9. The average Bonchev–Trinajstić information content (AvgIpc) is 3.00. The molecule has 2 aliphatic rings. The highest BCUT2D eigenvalue weighted by atomic mass is 16.5. The summed E-state index contributed by atoms with van der Waals surface area (Å²) in [6.07, 6.45) is 8.77. The van der Waals surface area contributed by atoms with Crippen LogP contribution in [0.5, 0.6) is 5.75 Å². The zero-order valence-corrected chi connectivity index (χ0v) is 17.8. The molecule has 0 amide bonds. The van der Waals surface area contributed by atoms with Crippen molar-refractivity contribution < 1.29 is 14.9 Å². The molecule has 27 heavy (non-hydrogen) atoms. The second-order valence-corrected chi connectivity index (χ2v) is 8.12. The Bertz CT molecular complexity index is 557. The van der Waals surface area contributed by atoms with Crippen LogP contribution in [-0.2, 0) is 12.8 Å². The molecule has 0 radical (unpaired) electrons. The van der Waals surface area contributed by atoms with E-state index in [4.69, 9.17) is 4.74 Å². The fourth-order valence-corrected chi connectivity index (χ4v) is 5.15. The van der Waals surface area contributed by atoms with Crippen LogP contribution in [0.3, 0.4) is 0 Å². The molecule has 0 aromatic heterocycles. The molecule has 154 valence electrons. The number of ether oxygens (including phenoxy) is 1. The first-order valence-electron chi connectivity index (χ1n) is 11.1. The van der Waals surface area contributed by atoms with Gasteiger partial charge in [0, 0.05) is 0 Å². The highest BCUT2D eigenvalue weighted by Crippen LogP contribution is 2.48. The van der Waals surface area contributed by atoms with Gasteiger partial charge in [0.15, 0.2) is 0 Å². The molecular formula is C24H40O3. The Balaban J connectivity index is 0.00000126. The Morgan fingerprint density at radius 1 is 1.15 bits per heavy atom. The van der Waals surface area contributed by atoms with Crippen LogP contribution in [0.2, 0.25) is 0 Å². The van der Waals surface area contributed by atoms with Crippen molar-refractivity contribution in [2.75, 3.05) is 7.11 Å². The molecule has 1 aromatic rings. The fraction of sp³-hybridized carbons (Fsp3) is 0.750. The third-order valence-corrected chi connectivity index (χ3v) is 6.54. The standard InChI is InChI=1S/C22H34O3.C2H6/c1-3-4-5-8-17(23)10-11-18-19-12-15-7-6-9-22(25-2)20(15)13-16(19)14-21(18)24;1-2/h6-7,9,16-19,21,23-24H,3-5,8,10-14H2,1-2H3;1-2H3/t16-,17-,18+,19-,21+;/m0./s1. The van der Waals surface area contributed by atoms with Gasteiger partial charge in [-0.1, -0.05) is 52.2 Å². The summed E-state index contributed by atoms with van der Waals surface area (Å²) in [5.41, 5.74) is 2.74. The highest BCUT2D eigenvalue weighted by Gasteiger charge is 2.44. The van der Waals surface area contributed by atoms with Crippen LogP contribution in [0.4, 0.5) is 0 Å². The monoisotopic (exact) mass is 376 g/mol. The smallest absolute Gasteiger partial charge is 0.122 e. The lowest BCUT2D eigenvalue weighted by molar-refractivity contribution is 0.0869. The van der Waals surface area contributed by atoms with Gasteiger partial charge in [0.2, 0.25) is 0 Å². The molecule has 3 nitrogen and oxygen atoms in total. The second-order valence-electron chi connectivity index (χ2n) is 8.12. The van der Waals surface area contributed by atoms with Gasteiger partial charge >= 0.3 is 0 Å². The molecule has 0 saturated heterocycles. The molecule has 0 bridgehead atoms. The molecule has 3 heteroatoms. The zero-order chi connectivity index (χ0) is 19.8. The number of unbranched alkanes of at least 4 members (excludes halogenated alkanes) is 2. The van der Waals surface area contributed by atoms with Gasteiger partial charge in [-0.25, -0.2) is 0 Å². The van der Waals surface area contributed by atoms with Crippen LogP contribution < -0.4 is 4.74 Å². The van der Waals surface area contributed by atoms with Crippen LogP contribution in [0.15, 0.2) is 18.2 Å². The van der Waals surface area contributed by atoms with Crippen molar-refractivity contribution in [3.63, 3.8) is 0 Å². The van der Waals surface area contributed by atoms with Crippen molar-refractivity contribution in [2.24, 2.45) is 17.8 Å². The average molecular weight is 377 g/mol. The summed E-state index contributed by atoms with van der Waals surface area (Å²) in [7, 11) is 1.74. The molecule has 0 heterocycles. The first-order chi connectivity index (χ1) is 13.1. The molecule has 2 aliphatic carbocycles. The number of aliphatic hydroxyl groups excluding tert-OH is 2. The van der Waals surface area contributed by atoms with Gasteiger partial charge in [0.1, 0.15) is 5.75 Å². The molecule has 5 atom stereocenters. The van der Waals surface area contributed by atoms with Gasteiger partial charge in [0.25, 0.3) is 0 Å². The Morgan fingerprint density at radius 2 is 1.93 bits per heavy atom. The Morgan fingerprint density at radius 3 is 2.63 bits per heavy atom. The number of benzene rings is 1. The quantitative estimate of drug-likeness (QED) is 0.617. The molecule has 0 unspecified atom stereocenters. The van der Waals surface area contributed by atoms with Crippen LogP contribution in [0, 0.1) is 17.8 Å².